The highest BCUT2D eigenvalue weighted by atomic mass is 32.2. The Morgan fingerprint density at radius 3 is 2.95 bits per heavy atom. The number of rotatable bonds is 4. The molecule has 0 fully saturated rings. The fraction of sp³-hybridized carbons (Fsp3) is 0.267. The van der Waals surface area contributed by atoms with E-state index in [0.717, 1.165) is 28.7 Å². The van der Waals surface area contributed by atoms with Gasteiger partial charge in [-0.1, -0.05) is 6.92 Å². The summed E-state index contributed by atoms with van der Waals surface area (Å²) in [7, 11) is 0. The van der Waals surface area contributed by atoms with Crippen LogP contribution in [0.2, 0.25) is 0 Å². The minimum absolute atomic E-state index is 0.799. The number of hydrogen-bond acceptors (Lipinski definition) is 4. The zero-order chi connectivity index (χ0) is 14.1. The average molecular weight is 303 g/mol. The number of thiazole rings is 1. The minimum atomic E-state index is 0.799. The van der Waals surface area contributed by atoms with Crippen molar-refractivity contribution < 1.29 is 0 Å². The first-order chi connectivity index (χ1) is 9.67. The fourth-order valence-corrected chi connectivity index (χ4v) is 3.81. The summed E-state index contributed by atoms with van der Waals surface area (Å²) in [5.74, 6) is 1.05. The molecule has 0 saturated heterocycles. The van der Waals surface area contributed by atoms with Crippen LogP contribution in [0.25, 0.3) is 10.9 Å². The highest BCUT2D eigenvalue weighted by molar-refractivity contribution is 7.99. The van der Waals surface area contributed by atoms with Crippen molar-refractivity contribution in [2.75, 3.05) is 11.5 Å². The van der Waals surface area contributed by atoms with Gasteiger partial charge < -0.3 is 10.3 Å². The van der Waals surface area contributed by atoms with Crippen LogP contribution < -0.4 is 5.73 Å². The van der Waals surface area contributed by atoms with Gasteiger partial charge in [-0.3, -0.25) is 0 Å². The second-order valence-electron chi connectivity index (χ2n) is 4.69. The zero-order valence-corrected chi connectivity index (χ0v) is 13.2. The third-order valence-electron chi connectivity index (χ3n) is 3.17. The van der Waals surface area contributed by atoms with Gasteiger partial charge in [0, 0.05) is 27.5 Å². The Bertz CT molecular complexity index is 743. The summed E-state index contributed by atoms with van der Waals surface area (Å²) in [5, 5.41) is 4.51. The van der Waals surface area contributed by atoms with Gasteiger partial charge >= 0.3 is 0 Å². The number of fused-ring (bicyclic) bond motifs is 1. The molecule has 20 heavy (non-hydrogen) atoms. The standard InChI is InChI=1S/C15H17N3S2/c1-3-19-15-7-11(16)6-14-13(15)4-5-18(14)8-12-9-20-10(2)17-12/h4-7,9H,3,8,16H2,1-2H3. The van der Waals surface area contributed by atoms with Gasteiger partial charge in [-0.05, 0) is 30.9 Å². The first-order valence-corrected chi connectivity index (χ1v) is 8.46. The molecule has 0 unspecified atom stereocenters. The van der Waals surface area contributed by atoms with Crippen LogP contribution in [0.3, 0.4) is 0 Å². The normalized spacial score (nSPS) is 11.3. The van der Waals surface area contributed by atoms with Crippen LogP contribution in [0, 0.1) is 6.92 Å². The molecule has 3 rings (SSSR count). The number of nitrogen functional groups attached to an aromatic ring is 1. The van der Waals surface area contributed by atoms with Gasteiger partial charge in [-0.25, -0.2) is 4.98 Å². The second-order valence-corrected chi connectivity index (χ2v) is 7.05. The van der Waals surface area contributed by atoms with E-state index in [1.54, 1.807) is 11.3 Å². The average Bonchev–Trinajstić information content (AvgIpc) is 2.98. The van der Waals surface area contributed by atoms with Crippen molar-refractivity contribution >= 4 is 39.7 Å². The molecule has 0 atom stereocenters. The number of nitrogens with zero attached hydrogens (tertiary/aromatic N) is 2. The number of hydrogen-bond donors (Lipinski definition) is 1. The monoisotopic (exact) mass is 303 g/mol. The Hall–Kier alpha value is -1.46. The molecule has 0 amide bonds. The highest BCUT2D eigenvalue weighted by Gasteiger charge is 2.09. The van der Waals surface area contributed by atoms with E-state index >= 15 is 0 Å². The summed E-state index contributed by atoms with van der Waals surface area (Å²) in [6.45, 7) is 5.00. The van der Waals surface area contributed by atoms with E-state index in [1.165, 1.54) is 15.8 Å². The van der Waals surface area contributed by atoms with Crippen molar-refractivity contribution in [2.45, 2.75) is 25.3 Å². The number of benzene rings is 1. The molecule has 2 heterocycles. The van der Waals surface area contributed by atoms with Crippen molar-refractivity contribution in [2.24, 2.45) is 0 Å². The molecule has 5 heteroatoms. The van der Waals surface area contributed by atoms with Crippen molar-refractivity contribution in [1.82, 2.24) is 9.55 Å². The maximum Gasteiger partial charge on any atom is 0.0898 e. The lowest BCUT2D eigenvalue weighted by molar-refractivity contribution is 0.811. The lowest BCUT2D eigenvalue weighted by atomic mass is 10.2. The first-order valence-electron chi connectivity index (χ1n) is 6.59. The molecular formula is C15H17N3S2. The van der Waals surface area contributed by atoms with Gasteiger partial charge in [0.05, 0.1) is 22.8 Å². The molecule has 2 N–H and O–H groups in total. The maximum absolute atomic E-state index is 6.04. The first kappa shape index (κ1) is 13.5. The summed E-state index contributed by atoms with van der Waals surface area (Å²) in [5.41, 5.74) is 9.16. The summed E-state index contributed by atoms with van der Waals surface area (Å²) in [6, 6.07) is 6.29. The number of nitrogens with two attached hydrogens (primary N) is 1. The van der Waals surface area contributed by atoms with E-state index in [0.29, 0.717) is 0 Å². The Balaban J connectivity index is 2.04. The van der Waals surface area contributed by atoms with Crippen LogP contribution in [0.5, 0.6) is 0 Å². The predicted octanol–water partition coefficient (Wildman–Crippen LogP) is 4.15. The molecule has 0 aliphatic rings. The van der Waals surface area contributed by atoms with Gasteiger partial charge in [0.1, 0.15) is 0 Å². The van der Waals surface area contributed by atoms with Crippen LogP contribution in [0.4, 0.5) is 5.69 Å². The summed E-state index contributed by atoms with van der Waals surface area (Å²) < 4.78 is 2.22. The number of anilines is 1. The molecule has 0 aliphatic carbocycles. The summed E-state index contributed by atoms with van der Waals surface area (Å²) in [6.07, 6.45) is 2.12. The van der Waals surface area contributed by atoms with E-state index in [-0.39, 0.29) is 0 Å². The molecule has 0 bridgehead atoms. The number of aryl methyl sites for hydroxylation is 1. The second kappa shape index (κ2) is 5.50. The molecule has 0 radical (unpaired) electrons. The molecule has 1 aromatic carbocycles. The number of aromatic nitrogens is 2. The van der Waals surface area contributed by atoms with Crippen LogP contribution in [-0.2, 0) is 6.54 Å². The number of thioether (sulfide) groups is 1. The Morgan fingerprint density at radius 1 is 1.40 bits per heavy atom. The largest absolute Gasteiger partial charge is 0.399 e. The molecule has 3 aromatic rings. The third kappa shape index (κ3) is 2.55. The maximum atomic E-state index is 6.04. The Labute approximate surface area is 126 Å². The lowest BCUT2D eigenvalue weighted by Gasteiger charge is -2.07. The van der Waals surface area contributed by atoms with E-state index in [4.69, 9.17) is 5.73 Å². The molecule has 3 nitrogen and oxygen atoms in total. The van der Waals surface area contributed by atoms with E-state index in [1.807, 2.05) is 24.8 Å². The van der Waals surface area contributed by atoms with Gasteiger partial charge in [-0.15, -0.1) is 23.1 Å². The van der Waals surface area contributed by atoms with Crippen molar-refractivity contribution in [3.05, 3.63) is 40.5 Å². The van der Waals surface area contributed by atoms with Crippen molar-refractivity contribution in [1.29, 1.82) is 0 Å². The van der Waals surface area contributed by atoms with Gasteiger partial charge in [-0.2, -0.15) is 0 Å². The van der Waals surface area contributed by atoms with Crippen molar-refractivity contribution in [3.63, 3.8) is 0 Å². The van der Waals surface area contributed by atoms with Crippen LogP contribution in [-0.4, -0.2) is 15.3 Å². The summed E-state index contributed by atoms with van der Waals surface area (Å²) >= 11 is 3.53. The molecule has 0 aliphatic heterocycles. The quantitative estimate of drug-likeness (QED) is 0.581. The molecule has 0 saturated carbocycles. The SMILES string of the molecule is CCSc1cc(N)cc2c1ccn2Cc1csc(C)n1. The zero-order valence-electron chi connectivity index (χ0n) is 11.6. The van der Waals surface area contributed by atoms with Crippen LogP contribution >= 0.6 is 23.1 Å². The molecule has 0 spiro atoms. The van der Waals surface area contributed by atoms with Gasteiger partial charge in [0.2, 0.25) is 0 Å². The fourth-order valence-electron chi connectivity index (χ4n) is 2.35. The molecule has 2 aromatic heterocycles. The molecule has 104 valence electrons. The minimum Gasteiger partial charge on any atom is -0.399 e. The molecular weight excluding hydrogens is 286 g/mol. The van der Waals surface area contributed by atoms with E-state index < -0.39 is 0 Å². The van der Waals surface area contributed by atoms with E-state index in [2.05, 4.69) is 40.2 Å². The van der Waals surface area contributed by atoms with Gasteiger partial charge in [0.25, 0.3) is 0 Å². The Morgan fingerprint density at radius 2 is 2.25 bits per heavy atom. The lowest BCUT2D eigenvalue weighted by Crippen LogP contribution is -1.99. The smallest absolute Gasteiger partial charge is 0.0898 e. The van der Waals surface area contributed by atoms with E-state index in [9.17, 15) is 0 Å². The third-order valence-corrected chi connectivity index (χ3v) is 4.93. The Kier molecular flexibility index (Phi) is 3.72. The van der Waals surface area contributed by atoms with Gasteiger partial charge in [0.15, 0.2) is 0 Å². The topological polar surface area (TPSA) is 43.8 Å². The predicted molar refractivity (Wildman–Crippen MR) is 88.7 cm³/mol. The van der Waals surface area contributed by atoms with Crippen LogP contribution in [0.1, 0.15) is 17.6 Å². The van der Waals surface area contributed by atoms with Crippen LogP contribution in [0.15, 0.2) is 34.7 Å². The highest BCUT2D eigenvalue weighted by Crippen LogP contribution is 2.31. The summed E-state index contributed by atoms with van der Waals surface area (Å²) in [4.78, 5) is 5.79. The van der Waals surface area contributed by atoms with Crippen molar-refractivity contribution in [3.8, 4) is 0 Å².